The van der Waals surface area contributed by atoms with Gasteiger partial charge in [-0.05, 0) is 30.5 Å². The molecule has 0 aliphatic heterocycles. The summed E-state index contributed by atoms with van der Waals surface area (Å²) in [4.78, 5) is 10.7. The SMILES string of the molecule is COC(=O)C(CC(C)C)NS(=O)(=O)c1cc(F)ccc1F. The number of hydrogen-bond donors (Lipinski definition) is 1. The fourth-order valence-electron chi connectivity index (χ4n) is 1.74. The number of hydrogen-bond acceptors (Lipinski definition) is 4. The van der Waals surface area contributed by atoms with E-state index in [9.17, 15) is 22.0 Å². The van der Waals surface area contributed by atoms with Crippen molar-refractivity contribution in [3.05, 3.63) is 29.8 Å². The summed E-state index contributed by atoms with van der Waals surface area (Å²) in [6.45, 7) is 3.57. The van der Waals surface area contributed by atoms with Gasteiger partial charge in [0, 0.05) is 0 Å². The number of ether oxygens (including phenoxy) is 1. The summed E-state index contributed by atoms with van der Waals surface area (Å²) in [7, 11) is -3.26. The summed E-state index contributed by atoms with van der Waals surface area (Å²) in [5, 5.41) is 0. The molecule has 0 spiro atoms. The van der Waals surface area contributed by atoms with E-state index >= 15 is 0 Å². The number of carbonyl (C=O) groups excluding carboxylic acids is 1. The second-order valence-corrected chi connectivity index (χ2v) is 6.58. The topological polar surface area (TPSA) is 72.5 Å². The van der Waals surface area contributed by atoms with Crippen molar-refractivity contribution in [3.63, 3.8) is 0 Å². The fraction of sp³-hybridized carbons (Fsp3) is 0.462. The molecule has 1 atom stereocenters. The van der Waals surface area contributed by atoms with Crippen LogP contribution in [0.4, 0.5) is 8.78 Å². The van der Waals surface area contributed by atoms with Crippen LogP contribution in [0.25, 0.3) is 0 Å². The van der Waals surface area contributed by atoms with E-state index in [0.29, 0.717) is 12.1 Å². The Hall–Kier alpha value is -1.54. The third-order valence-electron chi connectivity index (χ3n) is 2.67. The smallest absolute Gasteiger partial charge is 0.323 e. The van der Waals surface area contributed by atoms with Crippen LogP contribution in [-0.2, 0) is 19.6 Å². The highest BCUT2D eigenvalue weighted by atomic mass is 32.2. The van der Waals surface area contributed by atoms with E-state index in [2.05, 4.69) is 9.46 Å². The van der Waals surface area contributed by atoms with E-state index in [1.54, 1.807) is 13.8 Å². The molecule has 0 radical (unpaired) electrons. The van der Waals surface area contributed by atoms with Crippen molar-refractivity contribution in [1.82, 2.24) is 4.72 Å². The standard InChI is InChI=1S/C13H17F2NO4S/c1-8(2)6-11(13(17)20-3)16-21(18,19)12-7-9(14)4-5-10(12)15/h4-5,7-8,11,16H,6H2,1-3H3. The molecular formula is C13H17F2NO4S. The first-order valence-electron chi connectivity index (χ1n) is 6.22. The summed E-state index contributed by atoms with van der Waals surface area (Å²) >= 11 is 0. The largest absolute Gasteiger partial charge is 0.468 e. The zero-order valence-electron chi connectivity index (χ0n) is 11.9. The third-order valence-corrected chi connectivity index (χ3v) is 4.16. The van der Waals surface area contributed by atoms with Crippen LogP contribution in [0, 0.1) is 17.6 Å². The molecule has 1 N–H and O–H groups in total. The second kappa shape index (κ2) is 6.95. The minimum absolute atomic E-state index is 0.00541. The third kappa shape index (κ3) is 4.75. The Bertz CT molecular complexity index is 617. The maximum Gasteiger partial charge on any atom is 0.323 e. The van der Waals surface area contributed by atoms with E-state index in [1.807, 2.05) is 0 Å². The van der Waals surface area contributed by atoms with Gasteiger partial charge in [0.1, 0.15) is 22.6 Å². The predicted molar refractivity (Wildman–Crippen MR) is 71.9 cm³/mol. The van der Waals surface area contributed by atoms with Crippen molar-refractivity contribution in [1.29, 1.82) is 0 Å². The maximum absolute atomic E-state index is 13.6. The Morgan fingerprint density at radius 2 is 1.95 bits per heavy atom. The summed E-state index contributed by atoms with van der Waals surface area (Å²) in [5.41, 5.74) is 0. The molecule has 0 aromatic heterocycles. The van der Waals surface area contributed by atoms with Crippen molar-refractivity contribution >= 4 is 16.0 Å². The zero-order valence-corrected chi connectivity index (χ0v) is 12.7. The number of esters is 1. The molecule has 0 fully saturated rings. The van der Waals surface area contributed by atoms with E-state index < -0.39 is 38.6 Å². The van der Waals surface area contributed by atoms with E-state index in [0.717, 1.165) is 13.2 Å². The van der Waals surface area contributed by atoms with Gasteiger partial charge in [-0.1, -0.05) is 13.8 Å². The normalized spacial score (nSPS) is 13.2. The second-order valence-electron chi connectivity index (χ2n) is 4.90. The van der Waals surface area contributed by atoms with Gasteiger partial charge < -0.3 is 4.74 Å². The average molecular weight is 321 g/mol. The molecule has 1 aromatic carbocycles. The molecule has 0 saturated carbocycles. The predicted octanol–water partition coefficient (Wildman–Crippen LogP) is 1.83. The Labute approximate surface area is 122 Å². The van der Waals surface area contributed by atoms with Gasteiger partial charge in [-0.25, -0.2) is 17.2 Å². The van der Waals surface area contributed by atoms with Crippen LogP contribution >= 0.6 is 0 Å². The van der Waals surface area contributed by atoms with Crippen molar-refractivity contribution in [2.45, 2.75) is 31.2 Å². The number of methoxy groups -OCH3 is 1. The number of nitrogens with one attached hydrogen (secondary N) is 1. The highest BCUT2D eigenvalue weighted by molar-refractivity contribution is 7.89. The van der Waals surface area contributed by atoms with Crippen molar-refractivity contribution in [3.8, 4) is 0 Å². The van der Waals surface area contributed by atoms with E-state index in [1.165, 1.54) is 0 Å². The van der Waals surface area contributed by atoms with Crippen LogP contribution in [-0.4, -0.2) is 27.5 Å². The molecule has 1 rings (SSSR count). The van der Waals surface area contributed by atoms with Crippen LogP contribution in [0.5, 0.6) is 0 Å². The Morgan fingerprint density at radius 1 is 1.33 bits per heavy atom. The molecule has 5 nitrogen and oxygen atoms in total. The highest BCUT2D eigenvalue weighted by Crippen LogP contribution is 2.17. The Kier molecular flexibility index (Phi) is 5.79. The molecule has 0 bridgehead atoms. The van der Waals surface area contributed by atoms with Crippen LogP contribution in [0.15, 0.2) is 23.1 Å². The van der Waals surface area contributed by atoms with Gasteiger partial charge in [0.25, 0.3) is 0 Å². The van der Waals surface area contributed by atoms with Crippen LogP contribution < -0.4 is 4.72 Å². The number of halogens is 2. The highest BCUT2D eigenvalue weighted by Gasteiger charge is 2.29. The Balaban J connectivity index is 3.11. The molecule has 0 heterocycles. The van der Waals surface area contributed by atoms with Crippen molar-refractivity contribution in [2.75, 3.05) is 7.11 Å². The molecule has 0 amide bonds. The first-order chi connectivity index (χ1) is 9.67. The quantitative estimate of drug-likeness (QED) is 0.811. The van der Waals surface area contributed by atoms with Gasteiger partial charge in [-0.3, -0.25) is 4.79 Å². The molecule has 21 heavy (non-hydrogen) atoms. The van der Waals surface area contributed by atoms with Gasteiger partial charge in [-0.2, -0.15) is 4.72 Å². The van der Waals surface area contributed by atoms with Gasteiger partial charge >= 0.3 is 5.97 Å². The summed E-state index contributed by atoms with van der Waals surface area (Å²) in [5.74, 6) is -2.79. The lowest BCUT2D eigenvalue weighted by Gasteiger charge is -2.18. The molecule has 0 saturated heterocycles. The van der Waals surface area contributed by atoms with Crippen LogP contribution in [0.3, 0.4) is 0 Å². The molecule has 1 unspecified atom stereocenters. The number of sulfonamides is 1. The van der Waals surface area contributed by atoms with E-state index in [4.69, 9.17) is 0 Å². The van der Waals surface area contributed by atoms with Gasteiger partial charge in [0.2, 0.25) is 10.0 Å². The van der Waals surface area contributed by atoms with Crippen molar-refractivity contribution < 1.29 is 26.7 Å². The summed E-state index contributed by atoms with van der Waals surface area (Å²) < 4.78 is 57.4. The molecular weight excluding hydrogens is 304 g/mol. The average Bonchev–Trinajstić information content (AvgIpc) is 2.38. The lowest BCUT2D eigenvalue weighted by Crippen LogP contribution is -2.42. The first-order valence-corrected chi connectivity index (χ1v) is 7.71. The zero-order chi connectivity index (χ0) is 16.2. The molecule has 0 aliphatic rings. The van der Waals surface area contributed by atoms with Gasteiger partial charge in [0.05, 0.1) is 7.11 Å². The van der Waals surface area contributed by atoms with Gasteiger partial charge in [-0.15, -0.1) is 0 Å². The molecule has 0 aliphatic carbocycles. The summed E-state index contributed by atoms with van der Waals surface area (Å²) in [6, 6.07) is 0.906. The fourth-order valence-corrected chi connectivity index (χ4v) is 3.03. The minimum atomic E-state index is -4.38. The van der Waals surface area contributed by atoms with Gasteiger partial charge in [0.15, 0.2) is 0 Å². The maximum atomic E-state index is 13.6. The molecule has 118 valence electrons. The number of carbonyl (C=O) groups is 1. The lowest BCUT2D eigenvalue weighted by atomic mass is 10.1. The number of benzene rings is 1. The van der Waals surface area contributed by atoms with Crippen LogP contribution in [0.1, 0.15) is 20.3 Å². The Morgan fingerprint density at radius 3 is 2.48 bits per heavy atom. The minimum Gasteiger partial charge on any atom is -0.468 e. The molecule has 8 heteroatoms. The monoisotopic (exact) mass is 321 g/mol. The van der Waals surface area contributed by atoms with E-state index in [-0.39, 0.29) is 12.3 Å². The summed E-state index contributed by atoms with van der Waals surface area (Å²) in [6.07, 6.45) is 0.169. The number of rotatable bonds is 6. The first kappa shape index (κ1) is 17.5. The lowest BCUT2D eigenvalue weighted by molar-refractivity contribution is -0.143. The van der Waals surface area contributed by atoms with Crippen molar-refractivity contribution in [2.24, 2.45) is 5.92 Å². The molecule has 1 aromatic rings. The van der Waals surface area contributed by atoms with Crippen LogP contribution in [0.2, 0.25) is 0 Å².